The zero-order valence-electron chi connectivity index (χ0n) is 17.4. The van der Waals surface area contributed by atoms with E-state index in [4.69, 9.17) is 5.21 Å². The van der Waals surface area contributed by atoms with Crippen molar-refractivity contribution in [1.82, 2.24) is 15.8 Å². The number of hydrogen-bond acceptors (Lipinski definition) is 7. The van der Waals surface area contributed by atoms with Crippen molar-refractivity contribution in [3.63, 3.8) is 0 Å². The molecular formula is C19H19F5N4O5S. The standard InChI is InChI=1S/C19H19F5N4O5S/c20-13-10(14(21)16(23)17(24)15(13)22)7-33-19(31)27-18-26-9(8-34-18)6-12(30)25-5-3-1-2-4-11(29)28-32/h8,32H,1-7H2,(H,25,30)(H,28,29)(H,26,27,31). The third-order valence-electron chi connectivity index (χ3n) is 4.28. The quantitative estimate of drug-likeness (QED) is 0.0917. The highest BCUT2D eigenvalue weighted by Crippen LogP contribution is 2.24. The number of carbonyl (C=O) groups is 3. The van der Waals surface area contributed by atoms with E-state index in [-0.39, 0.29) is 23.9 Å². The number of benzene rings is 1. The fourth-order valence-corrected chi connectivity index (χ4v) is 3.28. The van der Waals surface area contributed by atoms with Crippen LogP contribution in [0.25, 0.3) is 0 Å². The lowest BCUT2D eigenvalue weighted by Gasteiger charge is -2.09. The molecule has 2 aromatic rings. The molecule has 0 radical (unpaired) electrons. The maximum absolute atomic E-state index is 13.6. The van der Waals surface area contributed by atoms with E-state index in [1.807, 2.05) is 0 Å². The fourth-order valence-electron chi connectivity index (χ4n) is 2.58. The summed E-state index contributed by atoms with van der Waals surface area (Å²) >= 11 is 0.915. The average Bonchev–Trinajstić information content (AvgIpc) is 3.24. The van der Waals surface area contributed by atoms with Gasteiger partial charge in [0.15, 0.2) is 28.4 Å². The first-order valence-corrected chi connectivity index (χ1v) is 10.6. The molecule has 0 atom stereocenters. The molecule has 186 valence electrons. The van der Waals surface area contributed by atoms with Gasteiger partial charge in [0.2, 0.25) is 17.6 Å². The summed E-state index contributed by atoms with van der Waals surface area (Å²) in [5.74, 6) is -11.7. The van der Waals surface area contributed by atoms with Crippen molar-refractivity contribution in [3.05, 3.63) is 45.7 Å². The lowest BCUT2D eigenvalue weighted by molar-refractivity contribution is -0.129. The first kappa shape index (κ1) is 26.9. The predicted octanol–water partition coefficient (Wildman–Crippen LogP) is 3.31. The number of nitrogens with one attached hydrogen (secondary N) is 3. The molecule has 9 nitrogen and oxygen atoms in total. The molecule has 0 bridgehead atoms. The molecule has 0 aliphatic heterocycles. The smallest absolute Gasteiger partial charge is 0.413 e. The number of carbonyl (C=O) groups excluding carboxylic acids is 3. The van der Waals surface area contributed by atoms with E-state index in [0.29, 0.717) is 31.5 Å². The summed E-state index contributed by atoms with van der Waals surface area (Å²) in [5.41, 5.74) is 0.518. The van der Waals surface area contributed by atoms with Gasteiger partial charge >= 0.3 is 6.09 Å². The van der Waals surface area contributed by atoms with Crippen LogP contribution in [0.2, 0.25) is 0 Å². The maximum Gasteiger partial charge on any atom is 0.413 e. The second kappa shape index (κ2) is 12.8. The molecule has 0 spiro atoms. The summed E-state index contributed by atoms with van der Waals surface area (Å²) in [4.78, 5) is 38.5. The van der Waals surface area contributed by atoms with Gasteiger partial charge in [-0.05, 0) is 12.8 Å². The van der Waals surface area contributed by atoms with E-state index in [1.165, 1.54) is 10.9 Å². The van der Waals surface area contributed by atoms with Crippen molar-refractivity contribution in [2.45, 2.75) is 38.7 Å². The Labute approximate surface area is 193 Å². The molecule has 1 heterocycles. The number of halogens is 5. The Kier molecular flexibility index (Phi) is 10.1. The molecular weight excluding hydrogens is 491 g/mol. The zero-order valence-corrected chi connectivity index (χ0v) is 18.2. The molecule has 3 amide bonds. The molecule has 0 saturated heterocycles. The zero-order chi connectivity index (χ0) is 25.3. The van der Waals surface area contributed by atoms with Gasteiger partial charge in [0.25, 0.3) is 0 Å². The van der Waals surface area contributed by atoms with Crippen molar-refractivity contribution in [1.29, 1.82) is 0 Å². The Hall–Kier alpha value is -3.33. The van der Waals surface area contributed by atoms with Crippen LogP contribution in [0.1, 0.15) is 36.9 Å². The van der Waals surface area contributed by atoms with Crippen molar-refractivity contribution in [2.24, 2.45) is 0 Å². The summed E-state index contributed by atoms with van der Waals surface area (Å²) in [7, 11) is 0. The third kappa shape index (κ3) is 7.62. The Balaban J connectivity index is 1.76. The van der Waals surface area contributed by atoms with Crippen LogP contribution in [0.15, 0.2) is 5.38 Å². The summed E-state index contributed by atoms with van der Waals surface area (Å²) < 4.78 is 71.1. The largest absolute Gasteiger partial charge is 0.444 e. The average molecular weight is 510 g/mol. The Morgan fingerprint density at radius 1 is 0.941 bits per heavy atom. The number of aromatic nitrogens is 1. The minimum Gasteiger partial charge on any atom is -0.444 e. The van der Waals surface area contributed by atoms with E-state index in [1.54, 1.807) is 0 Å². The first-order chi connectivity index (χ1) is 16.1. The Bertz CT molecular complexity index is 1020. The van der Waals surface area contributed by atoms with Crippen molar-refractivity contribution >= 4 is 34.4 Å². The molecule has 1 aromatic heterocycles. The topological polar surface area (TPSA) is 130 Å². The number of anilines is 1. The van der Waals surface area contributed by atoms with Gasteiger partial charge in [0, 0.05) is 18.3 Å². The highest BCUT2D eigenvalue weighted by molar-refractivity contribution is 7.13. The molecule has 2 rings (SSSR count). The number of amides is 3. The van der Waals surface area contributed by atoms with Crippen LogP contribution < -0.4 is 16.1 Å². The molecule has 0 saturated carbocycles. The van der Waals surface area contributed by atoms with Gasteiger partial charge in [0.05, 0.1) is 17.7 Å². The molecule has 0 fully saturated rings. The van der Waals surface area contributed by atoms with Gasteiger partial charge in [0.1, 0.15) is 6.61 Å². The number of hydroxylamine groups is 1. The number of ether oxygens (including phenoxy) is 1. The normalized spacial score (nSPS) is 10.6. The van der Waals surface area contributed by atoms with Gasteiger partial charge in [-0.25, -0.2) is 37.2 Å². The maximum atomic E-state index is 13.6. The summed E-state index contributed by atoms with van der Waals surface area (Å²) in [5, 5.41) is 14.6. The van der Waals surface area contributed by atoms with Gasteiger partial charge in [-0.3, -0.25) is 20.1 Å². The highest BCUT2D eigenvalue weighted by Gasteiger charge is 2.26. The fraction of sp³-hybridized carbons (Fsp3) is 0.368. The van der Waals surface area contributed by atoms with Gasteiger partial charge in [-0.15, -0.1) is 11.3 Å². The van der Waals surface area contributed by atoms with E-state index in [9.17, 15) is 36.3 Å². The SMILES string of the molecule is O=C(CCCCCNC(=O)Cc1csc(NC(=O)OCc2c(F)c(F)c(F)c(F)c2F)n1)NO. The lowest BCUT2D eigenvalue weighted by atomic mass is 10.2. The van der Waals surface area contributed by atoms with Gasteiger partial charge < -0.3 is 10.1 Å². The Morgan fingerprint density at radius 3 is 2.24 bits per heavy atom. The van der Waals surface area contributed by atoms with Crippen molar-refractivity contribution in [2.75, 3.05) is 11.9 Å². The first-order valence-electron chi connectivity index (χ1n) is 9.72. The molecule has 0 unspecified atom stereocenters. The summed E-state index contributed by atoms with van der Waals surface area (Å²) in [6, 6.07) is 0. The molecule has 0 aliphatic carbocycles. The molecule has 1 aromatic carbocycles. The van der Waals surface area contributed by atoms with Crippen LogP contribution in [-0.2, 0) is 27.4 Å². The highest BCUT2D eigenvalue weighted by atomic mass is 32.1. The predicted molar refractivity (Wildman–Crippen MR) is 107 cm³/mol. The van der Waals surface area contributed by atoms with E-state index < -0.39 is 53.3 Å². The minimum atomic E-state index is -2.32. The molecule has 34 heavy (non-hydrogen) atoms. The van der Waals surface area contributed by atoms with Gasteiger partial charge in [-0.2, -0.15) is 0 Å². The second-order valence-electron chi connectivity index (χ2n) is 6.77. The third-order valence-corrected chi connectivity index (χ3v) is 5.08. The number of hydrogen-bond donors (Lipinski definition) is 4. The monoisotopic (exact) mass is 510 g/mol. The molecule has 4 N–H and O–H groups in total. The van der Waals surface area contributed by atoms with Crippen LogP contribution in [0, 0.1) is 29.1 Å². The van der Waals surface area contributed by atoms with Gasteiger partial charge in [-0.1, -0.05) is 6.42 Å². The minimum absolute atomic E-state index is 0.0210. The second-order valence-corrected chi connectivity index (χ2v) is 7.62. The van der Waals surface area contributed by atoms with Crippen molar-refractivity contribution < 1.29 is 46.3 Å². The summed E-state index contributed by atoms with van der Waals surface area (Å²) in [6.07, 6.45) is 0.621. The molecule has 15 heteroatoms. The van der Waals surface area contributed by atoms with Crippen LogP contribution in [0.4, 0.5) is 31.9 Å². The van der Waals surface area contributed by atoms with Crippen LogP contribution in [0.5, 0.6) is 0 Å². The number of nitrogens with zero attached hydrogens (tertiary/aromatic N) is 1. The van der Waals surface area contributed by atoms with E-state index in [0.717, 1.165) is 11.3 Å². The number of unbranched alkanes of at least 4 members (excludes halogenated alkanes) is 2. The summed E-state index contributed by atoms with van der Waals surface area (Å²) in [6.45, 7) is -0.859. The van der Waals surface area contributed by atoms with E-state index in [2.05, 4.69) is 20.4 Å². The van der Waals surface area contributed by atoms with Crippen molar-refractivity contribution in [3.8, 4) is 0 Å². The van der Waals surface area contributed by atoms with Crippen LogP contribution >= 0.6 is 11.3 Å². The van der Waals surface area contributed by atoms with E-state index >= 15 is 0 Å². The number of thiazole rings is 1. The number of rotatable bonds is 11. The van der Waals surface area contributed by atoms with Crippen LogP contribution in [-0.4, -0.2) is 34.6 Å². The lowest BCUT2D eigenvalue weighted by Crippen LogP contribution is -2.26. The molecule has 0 aliphatic rings. The Morgan fingerprint density at radius 2 is 1.59 bits per heavy atom. The van der Waals surface area contributed by atoms with Crippen LogP contribution in [0.3, 0.4) is 0 Å².